The van der Waals surface area contributed by atoms with E-state index in [0.717, 1.165) is 4.47 Å². The summed E-state index contributed by atoms with van der Waals surface area (Å²) in [5.74, 6) is -1.07. The molecule has 3 rings (SSSR count). The first-order chi connectivity index (χ1) is 9.08. The number of hydrogen-bond acceptors (Lipinski definition) is 5. The maximum Gasteiger partial charge on any atom is 0.299 e. The quantitative estimate of drug-likeness (QED) is 0.789. The van der Waals surface area contributed by atoms with Crippen molar-refractivity contribution < 1.29 is 14.2 Å². The van der Waals surface area contributed by atoms with Crippen molar-refractivity contribution >= 4 is 33.3 Å². The van der Waals surface area contributed by atoms with Crippen LogP contribution in [0.3, 0.4) is 0 Å². The molecule has 0 radical (unpaired) electrons. The Bertz CT molecular complexity index is 695. The Morgan fingerprint density at radius 3 is 2.79 bits per heavy atom. The van der Waals surface area contributed by atoms with Crippen molar-refractivity contribution in [3.8, 4) is 0 Å². The number of benzene rings is 1. The minimum Gasteiger partial charge on any atom is -0.299 e. The van der Waals surface area contributed by atoms with Crippen LogP contribution < -0.4 is 4.90 Å². The molecule has 1 aromatic carbocycles. The average molecular weight is 322 g/mol. The summed E-state index contributed by atoms with van der Waals surface area (Å²) < 4.78 is 5.35. The normalized spacial score (nSPS) is 14.1. The minimum atomic E-state index is -0.560. The van der Waals surface area contributed by atoms with Crippen molar-refractivity contribution in [2.24, 2.45) is 0 Å². The number of aryl methyl sites for hydroxylation is 1. The molecule has 2 aromatic rings. The van der Waals surface area contributed by atoms with Gasteiger partial charge in [-0.3, -0.25) is 14.5 Å². The van der Waals surface area contributed by atoms with E-state index in [1.807, 2.05) is 0 Å². The number of amides is 1. The molecule has 0 N–H and O–H groups in total. The number of carbonyl (C=O) groups is 2. The van der Waals surface area contributed by atoms with Gasteiger partial charge in [0.15, 0.2) is 0 Å². The molecule has 0 atom stereocenters. The first-order valence-corrected chi connectivity index (χ1v) is 6.31. The summed E-state index contributed by atoms with van der Waals surface area (Å²) in [5, 5.41) is 7.38. The van der Waals surface area contributed by atoms with Gasteiger partial charge in [-0.25, -0.2) is 4.63 Å². The highest BCUT2D eigenvalue weighted by Crippen LogP contribution is 2.32. The molecule has 1 aliphatic heterocycles. The van der Waals surface area contributed by atoms with E-state index < -0.39 is 11.7 Å². The van der Waals surface area contributed by atoms with Gasteiger partial charge in [0.1, 0.15) is 11.4 Å². The van der Waals surface area contributed by atoms with Crippen LogP contribution in [0, 0.1) is 6.92 Å². The fourth-order valence-corrected chi connectivity index (χ4v) is 2.33. The Hall–Kier alpha value is -2.02. The lowest BCUT2D eigenvalue weighted by atomic mass is 10.1. The molecule has 19 heavy (non-hydrogen) atoms. The van der Waals surface area contributed by atoms with Gasteiger partial charge in [0.25, 0.3) is 11.7 Å². The standard InChI is InChI=1S/C12H8BrN3O3/c1-6-9(15-19-14-6)5-16-10-3-2-7(13)4-8(10)11(17)12(16)18/h2-4H,5H2,1H3. The minimum absolute atomic E-state index is 0.175. The van der Waals surface area contributed by atoms with Crippen LogP contribution in [0.25, 0.3) is 0 Å². The van der Waals surface area contributed by atoms with Gasteiger partial charge in [-0.1, -0.05) is 26.2 Å². The second-order valence-electron chi connectivity index (χ2n) is 4.18. The van der Waals surface area contributed by atoms with Crippen LogP contribution in [-0.2, 0) is 11.3 Å². The predicted octanol–water partition coefficient (Wildman–Crippen LogP) is 1.87. The van der Waals surface area contributed by atoms with Gasteiger partial charge < -0.3 is 0 Å². The Kier molecular flexibility index (Phi) is 2.70. The summed E-state index contributed by atoms with van der Waals surface area (Å²) in [4.78, 5) is 25.3. The molecular weight excluding hydrogens is 314 g/mol. The van der Waals surface area contributed by atoms with Crippen molar-refractivity contribution in [1.29, 1.82) is 0 Å². The lowest BCUT2D eigenvalue weighted by Crippen LogP contribution is -2.29. The average Bonchev–Trinajstić information content (AvgIpc) is 2.88. The Morgan fingerprint density at radius 2 is 2.11 bits per heavy atom. The summed E-state index contributed by atoms with van der Waals surface area (Å²) >= 11 is 3.29. The lowest BCUT2D eigenvalue weighted by Gasteiger charge is -2.14. The Morgan fingerprint density at radius 1 is 1.32 bits per heavy atom. The number of halogens is 1. The van der Waals surface area contributed by atoms with E-state index in [-0.39, 0.29) is 6.54 Å². The van der Waals surface area contributed by atoms with Gasteiger partial charge in [-0.05, 0) is 25.1 Å². The molecule has 2 heterocycles. The fraction of sp³-hybridized carbons (Fsp3) is 0.167. The largest absolute Gasteiger partial charge is 0.299 e. The number of anilines is 1. The number of hydrogen-bond donors (Lipinski definition) is 0. The maximum atomic E-state index is 12.0. The number of fused-ring (bicyclic) bond motifs is 1. The number of carbonyl (C=O) groups excluding carboxylic acids is 2. The van der Waals surface area contributed by atoms with Gasteiger partial charge in [0.05, 0.1) is 17.8 Å². The third-order valence-electron chi connectivity index (χ3n) is 2.99. The maximum absolute atomic E-state index is 12.0. The van der Waals surface area contributed by atoms with Crippen LogP contribution in [0.1, 0.15) is 21.7 Å². The number of Topliss-reactive ketones (excluding diaryl/α,β-unsaturated/α-hetero) is 1. The van der Waals surface area contributed by atoms with E-state index >= 15 is 0 Å². The fourth-order valence-electron chi connectivity index (χ4n) is 1.97. The van der Waals surface area contributed by atoms with E-state index in [1.54, 1.807) is 25.1 Å². The number of aromatic nitrogens is 2. The molecule has 0 bridgehead atoms. The van der Waals surface area contributed by atoms with Gasteiger partial charge in [-0.2, -0.15) is 0 Å². The highest BCUT2D eigenvalue weighted by Gasteiger charge is 2.36. The van der Waals surface area contributed by atoms with Crippen molar-refractivity contribution in [3.63, 3.8) is 0 Å². The molecule has 0 aliphatic carbocycles. The topological polar surface area (TPSA) is 76.3 Å². The van der Waals surface area contributed by atoms with Crippen LogP contribution in [0.15, 0.2) is 27.3 Å². The Labute approximate surface area is 116 Å². The molecule has 0 saturated heterocycles. The van der Waals surface area contributed by atoms with Crippen molar-refractivity contribution in [2.75, 3.05) is 4.90 Å². The second kappa shape index (κ2) is 4.27. The first-order valence-electron chi connectivity index (χ1n) is 5.51. The van der Waals surface area contributed by atoms with Crippen molar-refractivity contribution in [1.82, 2.24) is 10.3 Å². The van der Waals surface area contributed by atoms with Crippen LogP contribution >= 0.6 is 15.9 Å². The van der Waals surface area contributed by atoms with Gasteiger partial charge in [0.2, 0.25) is 0 Å². The first kappa shape index (κ1) is 12.0. The molecule has 1 aliphatic rings. The summed E-state index contributed by atoms with van der Waals surface area (Å²) in [6.07, 6.45) is 0. The summed E-state index contributed by atoms with van der Waals surface area (Å²) in [7, 11) is 0. The molecule has 0 unspecified atom stereocenters. The lowest BCUT2D eigenvalue weighted by molar-refractivity contribution is -0.114. The summed E-state index contributed by atoms with van der Waals surface area (Å²) in [6.45, 7) is 1.91. The summed E-state index contributed by atoms with van der Waals surface area (Å²) in [6, 6.07) is 5.15. The van der Waals surface area contributed by atoms with Gasteiger partial charge >= 0.3 is 0 Å². The highest BCUT2D eigenvalue weighted by atomic mass is 79.9. The molecule has 0 fully saturated rings. The molecule has 0 spiro atoms. The zero-order chi connectivity index (χ0) is 13.6. The third-order valence-corrected chi connectivity index (χ3v) is 3.48. The zero-order valence-electron chi connectivity index (χ0n) is 9.88. The van der Waals surface area contributed by atoms with Crippen molar-refractivity contribution in [3.05, 3.63) is 39.6 Å². The van der Waals surface area contributed by atoms with E-state index in [9.17, 15) is 9.59 Å². The molecular formula is C12H8BrN3O3. The molecule has 96 valence electrons. The number of ketones is 1. The molecule has 7 heteroatoms. The Balaban J connectivity index is 2.02. The molecule has 1 aromatic heterocycles. The van der Waals surface area contributed by atoms with E-state index in [1.165, 1.54) is 4.90 Å². The van der Waals surface area contributed by atoms with Crippen molar-refractivity contribution in [2.45, 2.75) is 13.5 Å². The van der Waals surface area contributed by atoms with E-state index in [4.69, 9.17) is 0 Å². The summed E-state index contributed by atoms with van der Waals surface area (Å²) in [5.41, 5.74) is 2.12. The monoisotopic (exact) mass is 321 g/mol. The zero-order valence-corrected chi connectivity index (χ0v) is 11.5. The smallest absolute Gasteiger partial charge is 0.299 e. The molecule has 0 saturated carbocycles. The van der Waals surface area contributed by atoms with E-state index in [2.05, 4.69) is 30.9 Å². The van der Waals surface area contributed by atoms with Gasteiger partial charge in [0, 0.05) is 4.47 Å². The number of nitrogens with zero attached hydrogens (tertiary/aromatic N) is 3. The molecule has 6 nitrogen and oxygen atoms in total. The van der Waals surface area contributed by atoms with E-state index in [0.29, 0.717) is 22.6 Å². The van der Waals surface area contributed by atoms with Crippen LogP contribution in [0.5, 0.6) is 0 Å². The van der Waals surface area contributed by atoms with Crippen LogP contribution in [0.2, 0.25) is 0 Å². The third kappa shape index (κ3) is 1.86. The van der Waals surface area contributed by atoms with Crippen LogP contribution in [-0.4, -0.2) is 22.0 Å². The predicted molar refractivity (Wildman–Crippen MR) is 68.7 cm³/mol. The highest BCUT2D eigenvalue weighted by molar-refractivity contribution is 9.10. The second-order valence-corrected chi connectivity index (χ2v) is 5.09. The van der Waals surface area contributed by atoms with Crippen LogP contribution in [0.4, 0.5) is 5.69 Å². The van der Waals surface area contributed by atoms with Gasteiger partial charge in [-0.15, -0.1) is 0 Å². The molecule has 1 amide bonds. The number of rotatable bonds is 2. The SMILES string of the molecule is Cc1nonc1CN1C(=O)C(=O)c2cc(Br)ccc21.